The lowest BCUT2D eigenvalue weighted by molar-refractivity contribution is 0.0877. The van der Waals surface area contributed by atoms with Crippen LogP contribution < -0.4 is 9.80 Å². The fourth-order valence-corrected chi connectivity index (χ4v) is 8.00. The maximum atomic E-state index is 13.7. The van der Waals surface area contributed by atoms with Gasteiger partial charge in [-0.25, -0.2) is 9.80 Å². The molecule has 0 N–H and O–H groups in total. The van der Waals surface area contributed by atoms with E-state index in [1.807, 2.05) is 84.9 Å². The molecule has 0 saturated carbocycles. The van der Waals surface area contributed by atoms with Crippen molar-refractivity contribution in [3.63, 3.8) is 0 Å². The number of rotatable bonds is 5. The van der Waals surface area contributed by atoms with Gasteiger partial charge in [0.15, 0.2) is 0 Å². The van der Waals surface area contributed by atoms with Gasteiger partial charge in [0.25, 0.3) is 23.6 Å². The van der Waals surface area contributed by atoms with E-state index in [1.165, 1.54) is 9.80 Å². The SMILES string of the molecule is O=C1c2cccc3c(-c4ccc(-c5ccc(-c6ccc7c8c(cccc68)C(=O)N(c6ccccc6)C7=O)cc5)cc4)ccc(c23)C(=O)N1c1ccccc1. The van der Waals surface area contributed by atoms with E-state index >= 15 is 0 Å². The number of imide groups is 2. The zero-order chi connectivity index (χ0) is 36.5. The largest absolute Gasteiger partial charge is 0.268 e. The number of benzene rings is 8. The van der Waals surface area contributed by atoms with Gasteiger partial charge in [-0.1, -0.05) is 121 Å². The van der Waals surface area contributed by atoms with Gasteiger partial charge in [-0.2, -0.15) is 0 Å². The van der Waals surface area contributed by atoms with Crippen LogP contribution >= 0.6 is 0 Å². The zero-order valence-electron chi connectivity index (χ0n) is 28.7. The minimum absolute atomic E-state index is 0.329. The fraction of sp³-hybridized carbons (Fsp3) is 0. The van der Waals surface area contributed by atoms with E-state index in [4.69, 9.17) is 0 Å². The van der Waals surface area contributed by atoms with Crippen LogP contribution in [0.25, 0.3) is 54.9 Å². The molecule has 2 aliphatic heterocycles. The van der Waals surface area contributed by atoms with Gasteiger partial charge < -0.3 is 0 Å². The van der Waals surface area contributed by atoms with Crippen LogP contribution in [0.3, 0.4) is 0 Å². The van der Waals surface area contributed by atoms with Crippen LogP contribution in [-0.2, 0) is 0 Å². The van der Waals surface area contributed by atoms with Crippen molar-refractivity contribution >= 4 is 56.5 Å². The Hall–Kier alpha value is -7.44. The number of carbonyl (C=O) groups excluding carboxylic acids is 4. The van der Waals surface area contributed by atoms with E-state index in [-0.39, 0.29) is 23.6 Å². The second kappa shape index (κ2) is 12.1. The molecule has 0 aromatic heterocycles. The van der Waals surface area contributed by atoms with Crippen molar-refractivity contribution in [3.8, 4) is 33.4 Å². The molecule has 10 rings (SSSR count). The Morgan fingerprint density at radius 3 is 0.944 bits per heavy atom. The highest BCUT2D eigenvalue weighted by molar-refractivity contribution is 6.37. The van der Waals surface area contributed by atoms with Gasteiger partial charge >= 0.3 is 0 Å². The van der Waals surface area contributed by atoms with Crippen molar-refractivity contribution in [2.24, 2.45) is 0 Å². The molecule has 6 nitrogen and oxygen atoms in total. The summed E-state index contributed by atoms with van der Waals surface area (Å²) in [4.78, 5) is 57.1. The average Bonchev–Trinajstić information content (AvgIpc) is 3.22. The molecule has 254 valence electrons. The quantitative estimate of drug-likeness (QED) is 0.168. The molecular formula is C48H28N2O4. The van der Waals surface area contributed by atoms with E-state index in [0.717, 1.165) is 44.2 Å². The molecule has 8 aromatic rings. The first kappa shape index (κ1) is 31.3. The Kier molecular flexibility index (Phi) is 7.00. The van der Waals surface area contributed by atoms with Crippen LogP contribution in [0.15, 0.2) is 170 Å². The number of para-hydroxylation sites is 2. The van der Waals surface area contributed by atoms with Crippen LogP contribution in [0.2, 0.25) is 0 Å². The smallest absolute Gasteiger partial charge is 0.265 e. The number of carbonyl (C=O) groups is 4. The van der Waals surface area contributed by atoms with Crippen LogP contribution in [0.5, 0.6) is 0 Å². The summed E-state index contributed by atoms with van der Waals surface area (Å²) in [5.41, 5.74) is 9.03. The average molecular weight is 697 g/mol. The minimum atomic E-state index is -0.329. The summed E-state index contributed by atoms with van der Waals surface area (Å²) in [5.74, 6) is -1.32. The summed E-state index contributed by atoms with van der Waals surface area (Å²) < 4.78 is 0. The molecule has 0 saturated heterocycles. The second-order valence-electron chi connectivity index (χ2n) is 13.5. The van der Waals surface area contributed by atoms with Gasteiger partial charge in [0.05, 0.1) is 11.4 Å². The Labute approximate surface area is 310 Å². The van der Waals surface area contributed by atoms with Gasteiger partial charge in [-0.15, -0.1) is 0 Å². The Bertz CT molecular complexity index is 2640. The first-order valence-corrected chi connectivity index (χ1v) is 17.7. The van der Waals surface area contributed by atoms with Crippen LogP contribution in [-0.4, -0.2) is 23.6 Å². The summed E-state index contributed by atoms with van der Waals surface area (Å²) >= 11 is 0. The topological polar surface area (TPSA) is 74.8 Å². The number of nitrogens with zero attached hydrogens (tertiary/aromatic N) is 2. The molecule has 0 bridgehead atoms. The predicted octanol–water partition coefficient (Wildman–Crippen LogP) is 10.6. The maximum absolute atomic E-state index is 13.7. The normalized spacial score (nSPS) is 13.6. The molecule has 0 spiro atoms. The lowest BCUT2D eigenvalue weighted by Gasteiger charge is -2.28. The van der Waals surface area contributed by atoms with Crippen LogP contribution in [0.4, 0.5) is 11.4 Å². The molecule has 2 heterocycles. The molecule has 2 aliphatic rings. The van der Waals surface area contributed by atoms with Crippen molar-refractivity contribution in [1.29, 1.82) is 0 Å². The van der Waals surface area contributed by atoms with Crippen molar-refractivity contribution in [1.82, 2.24) is 0 Å². The second-order valence-corrected chi connectivity index (χ2v) is 13.5. The molecular weight excluding hydrogens is 669 g/mol. The highest BCUT2D eigenvalue weighted by Crippen LogP contribution is 2.40. The third-order valence-corrected chi connectivity index (χ3v) is 10.6. The summed E-state index contributed by atoms with van der Waals surface area (Å²) in [6.07, 6.45) is 0. The first-order valence-electron chi connectivity index (χ1n) is 17.7. The summed E-state index contributed by atoms with van der Waals surface area (Å²) in [5, 5.41) is 3.07. The molecule has 0 fully saturated rings. The van der Waals surface area contributed by atoms with Crippen molar-refractivity contribution in [2.75, 3.05) is 9.80 Å². The van der Waals surface area contributed by atoms with E-state index < -0.39 is 0 Å². The Balaban J connectivity index is 0.959. The third-order valence-electron chi connectivity index (χ3n) is 10.6. The van der Waals surface area contributed by atoms with Gasteiger partial charge in [-0.3, -0.25) is 19.2 Å². The van der Waals surface area contributed by atoms with Gasteiger partial charge in [0.1, 0.15) is 0 Å². The molecule has 4 amide bonds. The standard InChI is InChI=1S/C48H28N2O4/c51-45-39-15-7-13-37-35(25-27-41(43(37)39)47(53)49(45)33-9-3-1-4-10-33)31-21-17-29(18-22-31)30-19-23-32(24-20-30)36-26-28-42-44-38(36)14-8-16-40(44)46(52)50(48(42)54)34-11-5-2-6-12-34/h1-28H. The maximum Gasteiger partial charge on any atom is 0.265 e. The van der Waals surface area contributed by atoms with Crippen molar-refractivity contribution in [2.45, 2.75) is 0 Å². The summed E-state index contributed by atoms with van der Waals surface area (Å²) in [7, 11) is 0. The van der Waals surface area contributed by atoms with Gasteiger partial charge in [-0.05, 0) is 92.7 Å². The predicted molar refractivity (Wildman–Crippen MR) is 213 cm³/mol. The van der Waals surface area contributed by atoms with E-state index in [1.54, 1.807) is 36.4 Å². The Morgan fingerprint density at radius 2 is 0.574 bits per heavy atom. The van der Waals surface area contributed by atoms with Gasteiger partial charge in [0.2, 0.25) is 0 Å². The number of hydrogen-bond acceptors (Lipinski definition) is 4. The number of amides is 4. The van der Waals surface area contributed by atoms with E-state index in [9.17, 15) is 19.2 Å². The molecule has 8 aromatic carbocycles. The summed E-state index contributed by atoms with van der Waals surface area (Å²) in [6.45, 7) is 0. The number of hydrogen-bond donors (Lipinski definition) is 0. The molecule has 54 heavy (non-hydrogen) atoms. The fourth-order valence-electron chi connectivity index (χ4n) is 8.00. The van der Waals surface area contributed by atoms with Crippen molar-refractivity contribution in [3.05, 3.63) is 192 Å². The molecule has 0 radical (unpaired) electrons. The Morgan fingerprint density at radius 1 is 0.259 bits per heavy atom. The van der Waals surface area contributed by atoms with E-state index in [0.29, 0.717) is 44.4 Å². The number of anilines is 2. The third kappa shape index (κ3) is 4.67. The summed E-state index contributed by atoms with van der Waals surface area (Å²) in [6, 6.07) is 53.4. The lowest BCUT2D eigenvalue weighted by atomic mass is 9.88. The van der Waals surface area contributed by atoms with Crippen LogP contribution in [0.1, 0.15) is 41.4 Å². The van der Waals surface area contributed by atoms with Crippen LogP contribution in [0, 0.1) is 0 Å². The van der Waals surface area contributed by atoms with Gasteiger partial charge in [0, 0.05) is 33.0 Å². The lowest BCUT2D eigenvalue weighted by Crippen LogP contribution is -2.40. The molecule has 0 aliphatic carbocycles. The minimum Gasteiger partial charge on any atom is -0.268 e. The first-order chi connectivity index (χ1) is 26.5. The molecule has 6 heteroatoms. The molecule has 0 unspecified atom stereocenters. The van der Waals surface area contributed by atoms with Crippen molar-refractivity contribution < 1.29 is 19.2 Å². The highest BCUT2D eigenvalue weighted by Gasteiger charge is 2.36. The highest BCUT2D eigenvalue weighted by atomic mass is 16.2. The molecule has 0 atom stereocenters. The monoisotopic (exact) mass is 696 g/mol. The zero-order valence-corrected chi connectivity index (χ0v) is 28.7. The van der Waals surface area contributed by atoms with E-state index in [2.05, 4.69) is 48.5 Å².